The monoisotopic (exact) mass is 302 g/mol. The fourth-order valence-electron chi connectivity index (χ4n) is 1.90. The molecule has 0 aliphatic heterocycles. The Labute approximate surface area is 122 Å². The molecule has 19 heavy (non-hydrogen) atoms. The number of ether oxygens (including phenoxy) is 1. The maximum atomic E-state index is 11.6. The number of halogens is 2. The van der Waals surface area contributed by atoms with E-state index in [0.29, 0.717) is 29.5 Å². The van der Waals surface area contributed by atoms with Crippen LogP contribution in [0.3, 0.4) is 0 Å². The van der Waals surface area contributed by atoms with Gasteiger partial charge in [0.15, 0.2) is 0 Å². The van der Waals surface area contributed by atoms with E-state index >= 15 is 0 Å². The van der Waals surface area contributed by atoms with Gasteiger partial charge in [0.05, 0.1) is 13.2 Å². The van der Waals surface area contributed by atoms with Gasteiger partial charge in [-0.05, 0) is 25.8 Å². The first kappa shape index (κ1) is 14.6. The van der Waals surface area contributed by atoms with Crippen LogP contribution >= 0.6 is 23.2 Å². The van der Waals surface area contributed by atoms with Gasteiger partial charge in [-0.3, -0.25) is 9.69 Å². The Bertz CT molecular complexity index is 464. The summed E-state index contributed by atoms with van der Waals surface area (Å²) in [6.07, 6.45) is 2.22. The van der Waals surface area contributed by atoms with Crippen molar-refractivity contribution in [3.05, 3.63) is 28.0 Å². The number of pyridine rings is 1. The van der Waals surface area contributed by atoms with E-state index in [1.165, 1.54) is 0 Å². The number of nitrogens with zero attached hydrogens (tertiary/aromatic N) is 2. The molecular formula is C13H16Cl2N2O2. The molecule has 0 unspecified atom stereocenters. The summed E-state index contributed by atoms with van der Waals surface area (Å²) in [7, 11) is 0. The second-order valence-electron chi connectivity index (χ2n) is 4.53. The summed E-state index contributed by atoms with van der Waals surface area (Å²) in [5.74, 6) is -0.201. The van der Waals surface area contributed by atoms with Crippen LogP contribution in [0.25, 0.3) is 0 Å². The molecule has 0 radical (unpaired) electrons. The predicted octanol–water partition coefficient (Wildman–Crippen LogP) is 2.92. The van der Waals surface area contributed by atoms with Gasteiger partial charge in [0.1, 0.15) is 10.3 Å². The Morgan fingerprint density at radius 1 is 1.47 bits per heavy atom. The molecule has 0 N–H and O–H groups in total. The van der Waals surface area contributed by atoms with Gasteiger partial charge in [-0.1, -0.05) is 29.3 Å². The van der Waals surface area contributed by atoms with Crippen LogP contribution < -0.4 is 0 Å². The molecular weight excluding hydrogens is 287 g/mol. The van der Waals surface area contributed by atoms with Gasteiger partial charge in [0, 0.05) is 18.2 Å². The van der Waals surface area contributed by atoms with Crippen molar-refractivity contribution in [2.45, 2.75) is 32.4 Å². The molecule has 1 aliphatic carbocycles. The van der Waals surface area contributed by atoms with E-state index in [1.54, 1.807) is 13.0 Å². The molecule has 0 atom stereocenters. The number of carbonyl (C=O) groups excluding carboxylic acids is 1. The first-order valence-electron chi connectivity index (χ1n) is 6.30. The lowest BCUT2D eigenvalue weighted by Crippen LogP contribution is -2.32. The third-order valence-electron chi connectivity index (χ3n) is 2.97. The van der Waals surface area contributed by atoms with Gasteiger partial charge in [-0.15, -0.1) is 0 Å². The fourth-order valence-corrected chi connectivity index (χ4v) is 2.31. The Kier molecular flexibility index (Phi) is 5.02. The summed E-state index contributed by atoms with van der Waals surface area (Å²) < 4.78 is 4.99. The average Bonchev–Trinajstić information content (AvgIpc) is 3.16. The molecule has 0 amide bonds. The Balaban J connectivity index is 2.02. The van der Waals surface area contributed by atoms with Crippen molar-refractivity contribution in [2.24, 2.45) is 0 Å². The molecule has 0 bridgehead atoms. The van der Waals surface area contributed by atoms with Crippen molar-refractivity contribution in [2.75, 3.05) is 13.2 Å². The number of hydrogen-bond acceptors (Lipinski definition) is 4. The first-order valence-corrected chi connectivity index (χ1v) is 7.06. The summed E-state index contributed by atoms with van der Waals surface area (Å²) >= 11 is 11.8. The molecule has 4 nitrogen and oxygen atoms in total. The number of hydrogen-bond donors (Lipinski definition) is 0. The quantitative estimate of drug-likeness (QED) is 0.598. The molecule has 0 spiro atoms. The van der Waals surface area contributed by atoms with Gasteiger partial charge >= 0.3 is 5.97 Å². The van der Waals surface area contributed by atoms with E-state index in [9.17, 15) is 4.79 Å². The van der Waals surface area contributed by atoms with Crippen molar-refractivity contribution < 1.29 is 9.53 Å². The van der Waals surface area contributed by atoms with Gasteiger partial charge < -0.3 is 4.74 Å². The van der Waals surface area contributed by atoms with Crippen molar-refractivity contribution in [1.82, 2.24) is 9.88 Å². The molecule has 1 heterocycles. The minimum absolute atomic E-state index is 0.201. The molecule has 1 fully saturated rings. The first-order chi connectivity index (χ1) is 9.10. The number of aromatic nitrogens is 1. The van der Waals surface area contributed by atoms with Crippen LogP contribution in [0.15, 0.2) is 12.1 Å². The zero-order valence-electron chi connectivity index (χ0n) is 10.7. The lowest BCUT2D eigenvalue weighted by atomic mass is 10.2. The highest BCUT2D eigenvalue weighted by Crippen LogP contribution is 2.29. The third kappa shape index (κ3) is 4.34. The summed E-state index contributed by atoms with van der Waals surface area (Å²) in [6.45, 7) is 3.09. The zero-order chi connectivity index (χ0) is 13.8. The second kappa shape index (κ2) is 6.55. The molecule has 0 saturated heterocycles. The molecule has 2 rings (SSSR count). The topological polar surface area (TPSA) is 42.4 Å². The van der Waals surface area contributed by atoms with Crippen LogP contribution in [0.4, 0.5) is 0 Å². The van der Waals surface area contributed by atoms with Crippen molar-refractivity contribution in [3.8, 4) is 0 Å². The maximum absolute atomic E-state index is 11.6. The molecule has 1 aromatic rings. The summed E-state index contributed by atoms with van der Waals surface area (Å²) in [4.78, 5) is 17.7. The van der Waals surface area contributed by atoms with E-state index in [0.717, 1.165) is 18.4 Å². The zero-order valence-corrected chi connectivity index (χ0v) is 12.2. The minimum atomic E-state index is -0.201. The average molecular weight is 303 g/mol. The maximum Gasteiger partial charge on any atom is 0.320 e. The van der Waals surface area contributed by atoms with Gasteiger partial charge in [0.25, 0.3) is 0 Å². The Hall–Kier alpha value is -0.840. The van der Waals surface area contributed by atoms with Gasteiger partial charge in [0.2, 0.25) is 0 Å². The van der Waals surface area contributed by atoms with E-state index < -0.39 is 0 Å². The third-order valence-corrected chi connectivity index (χ3v) is 3.50. The van der Waals surface area contributed by atoms with Crippen molar-refractivity contribution >= 4 is 29.2 Å². The number of carbonyl (C=O) groups is 1. The molecule has 1 aromatic heterocycles. The van der Waals surface area contributed by atoms with Gasteiger partial charge in [-0.2, -0.15) is 0 Å². The summed E-state index contributed by atoms with van der Waals surface area (Å²) in [5.41, 5.74) is 0.877. The van der Waals surface area contributed by atoms with E-state index in [1.807, 2.05) is 6.07 Å². The molecule has 1 aliphatic rings. The fraction of sp³-hybridized carbons (Fsp3) is 0.538. The SMILES string of the molecule is CCOC(=O)CN(Cc1ccc(Cl)nc1Cl)C1CC1. The lowest BCUT2D eigenvalue weighted by molar-refractivity contribution is -0.144. The van der Waals surface area contributed by atoms with Crippen LogP contribution in [-0.2, 0) is 16.1 Å². The second-order valence-corrected chi connectivity index (χ2v) is 5.27. The standard InChI is InChI=1S/C13H16Cl2N2O2/c1-2-19-12(18)8-17(10-4-5-10)7-9-3-6-11(14)16-13(9)15/h3,6,10H,2,4-5,7-8H2,1H3. The van der Waals surface area contributed by atoms with Crippen LogP contribution in [0.2, 0.25) is 10.3 Å². The van der Waals surface area contributed by atoms with Gasteiger partial charge in [-0.25, -0.2) is 4.98 Å². The molecule has 1 saturated carbocycles. The van der Waals surface area contributed by atoms with Crippen LogP contribution in [0, 0.1) is 0 Å². The molecule has 0 aromatic carbocycles. The number of rotatable bonds is 6. The van der Waals surface area contributed by atoms with E-state index in [4.69, 9.17) is 27.9 Å². The smallest absolute Gasteiger partial charge is 0.320 e. The highest BCUT2D eigenvalue weighted by Gasteiger charge is 2.31. The number of esters is 1. The van der Waals surface area contributed by atoms with Crippen LogP contribution in [-0.4, -0.2) is 35.0 Å². The highest BCUT2D eigenvalue weighted by atomic mass is 35.5. The van der Waals surface area contributed by atoms with E-state index in [2.05, 4.69) is 9.88 Å². The van der Waals surface area contributed by atoms with Crippen molar-refractivity contribution in [3.63, 3.8) is 0 Å². The van der Waals surface area contributed by atoms with Crippen LogP contribution in [0.5, 0.6) is 0 Å². The van der Waals surface area contributed by atoms with E-state index in [-0.39, 0.29) is 12.5 Å². The molecule has 6 heteroatoms. The summed E-state index contributed by atoms with van der Waals surface area (Å²) in [5, 5.41) is 0.763. The Morgan fingerprint density at radius 2 is 2.21 bits per heavy atom. The Morgan fingerprint density at radius 3 is 2.79 bits per heavy atom. The molecule has 104 valence electrons. The normalized spacial score (nSPS) is 14.7. The largest absolute Gasteiger partial charge is 0.465 e. The van der Waals surface area contributed by atoms with Crippen molar-refractivity contribution in [1.29, 1.82) is 0 Å². The predicted molar refractivity (Wildman–Crippen MR) is 74.3 cm³/mol. The minimum Gasteiger partial charge on any atom is -0.465 e. The lowest BCUT2D eigenvalue weighted by Gasteiger charge is -2.21. The highest BCUT2D eigenvalue weighted by molar-refractivity contribution is 6.32. The van der Waals surface area contributed by atoms with Crippen LogP contribution in [0.1, 0.15) is 25.3 Å². The summed E-state index contributed by atoms with van der Waals surface area (Å²) in [6, 6.07) is 3.99.